The molecule has 2 aromatic rings. The first-order chi connectivity index (χ1) is 14.7. The third-order valence-corrected chi connectivity index (χ3v) is 5.75. The number of methoxy groups -OCH3 is 1. The van der Waals surface area contributed by atoms with Crippen LogP contribution in [0.3, 0.4) is 0 Å². The van der Waals surface area contributed by atoms with Crippen molar-refractivity contribution in [3.63, 3.8) is 0 Å². The molecule has 1 fully saturated rings. The number of para-hydroxylation sites is 1. The zero-order valence-corrected chi connectivity index (χ0v) is 19.3. The SMILES string of the molecule is COCCN(CC(=O)Nc1cc(C(C)(C)C)nn1-c1ccccc1C)C(=O)C1CCC1. The van der Waals surface area contributed by atoms with Gasteiger partial charge in [0.15, 0.2) is 0 Å². The van der Waals surface area contributed by atoms with Gasteiger partial charge in [-0.25, -0.2) is 4.68 Å². The highest BCUT2D eigenvalue weighted by Crippen LogP contribution is 2.29. The summed E-state index contributed by atoms with van der Waals surface area (Å²) < 4.78 is 6.92. The van der Waals surface area contributed by atoms with Crippen LogP contribution in [0.1, 0.15) is 51.3 Å². The third kappa shape index (κ3) is 5.53. The number of rotatable bonds is 8. The molecule has 0 radical (unpaired) electrons. The number of amides is 2. The number of aromatic nitrogens is 2. The van der Waals surface area contributed by atoms with Gasteiger partial charge < -0.3 is 15.0 Å². The van der Waals surface area contributed by atoms with Gasteiger partial charge in [0.2, 0.25) is 11.8 Å². The molecular formula is C24H34N4O3. The zero-order valence-electron chi connectivity index (χ0n) is 19.3. The van der Waals surface area contributed by atoms with Gasteiger partial charge in [0.25, 0.3) is 0 Å². The number of aryl methyl sites for hydroxylation is 1. The summed E-state index contributed by atoms with van der Waals surface area (Å²) in [7, 11) is 1.60. The third-order valence-electron chi connectivity index (χ3n) is 5.75. The number of nitrogens with zero attached hydrogens (tertiary/aromatic N) is 3. The molecule has 168 valence electrons. The highest BCUT2D eigenvalue weighted by molar-refractivity contribution is 5.94. The normalized spacial score (nSPS) is 14.2. The minimum atomic E-state index is -0.237. The molecule has 1 saturated carbocycles. The van der Waals surface area contributed by atoms with E-state index in [9.17, 15) is 9.59 Å². The van der Waals surface area contributed by atoms with Crippen LogP contribution in [0.5, 0.6) is 0 Å². The molecule has 7 heteroatoms. The second kappa shape index (κ2) is 9.64. The Bertz CT molecular complexity index is 925. The molecule has 1 aromatic carbocycles. The van der Waals surface area contributed by atoms with Gasteiger partial charge >= 0.3 is 0 Å². The minimum Gasteiger partial charge on any atom is -0.383 e. The summed E-state index contributed by atoms with van der Waals surface area (Å²) in [6.07, 6.45) is 2.88. The highest BCUT2D eigenvalue weighted by Gasteiger charge is 2.30. The van der Waals surface area contributed by atoms with Gasteiger partial charge in [-0.2, -0.15) is 5.10 Å². The summed E-state index contributed by atoms with van der Waals surface area (Å²) in [5.41, 5.74) is 2.68. The fraction of sp³-hybridized carbons (Fsp3) is 0.542. The van der Waals surface area contributed by atoms with E-state index in [0.29, 0.717) is 19.0 Å². The van der Waals surface area contributed by atoms with Crippen LogP contribution in [0, 0.1) is 12.8 Å². The van der Waals surface area contributed by atoms with Crippen molar-refractivity contribution in [2.75, 3.05) is 32.1 Å². The fourth-order valence-electron chi connectivity index (χ4n) is 3.56. The first-order valence-electron chi connectivity index (χ1n) is 10.9. The highest BCUT2D eigenvalue weighted by atomic mass is 16.5. The van der Waals surface area contributed by atoms with Gasteiger partial charge in [-0.15, -0.1) is 0 Å². The molecule has 0 aliphatic heterocycles. The van der Waals surface area contributed by atoms with Crippen LogP contribution in [0.2, 0.25) is 0 Å². The Labute approximate surface area is 184 Å². The van der Waals surface area contributed by atoms with Crippen molar-refractivity contribution in [1.29, 1.82) is 0 Å². The summed E-state index contributed by atoms with van der Waals surface area (Å²) in [6, 6.07) is 9.84. The van der Waals surface area contributed by atoms with Crippen LogP contribution in [0.4, 0.5) is 5.82 Å². The number of ether oxygens (including phenoxy) is 1. The molecule has 1 aliphatic rings. The van der Waals surface area contributed by atoms with Crippen molar-refractivity contribution in [3.8, 4) is 5.69 Å². The predicted octanol–water partition coefficient (Wildman–Crippen LogP) is 3.69. The van der Waals surface area contributed by atoms with Crippen LogP contribution in [0.15, 0.2) is 30.3 Å². The lowest BCUT2D eigenvalue weighted by atomic mass is 9.84. The Morgan fingerprint density at radius 2 is 1.97 bits per heavy atom. The molecule has 31 heavy (non-hydrogen) atoms. The Morgan fingerprint density at radius 1 is 1.26 bits per heavy atom. The van der Waals surface area contributed by atoms with Crippen molar-refractivity contribution >= 4 is 17.6 Å². The predicted molar refractivity (Wildman–Crippen MR) is 121 cm³/mol. The van der Waals surface area contributed by atoms with Crippen molar-refractivity contribution < 1.29 is 14.3 Å². The van der Waals surface area contributed by atoms with Crippen molar-refractivity contribution in [1.82, 2.24) is 14.7 Å². The second-order valence-electron chi connectivity index (χ2n) is 9.29. The summed E-state index contributed by atoms with van der Waals surface area (Å²) in [5.74, 6) is 0.446. The van der Waals surface area contributed by atoms with Crippen molar-refractivity contribution in [2.24, 2.45) is 5.92 Å². The van der Waals surface area contributed by atoms with E-state index in [-0.39, 0.29) is 29.7 Å². The summed E-state index contributed by atoms with van der Waals surface area (Å²) in [6.45, 7) is 9.10. The molecule has 1 aromatic heterocycles. The van der Waals surface area contributed by atoms with Gasteiger partial charge in [-0.3, -0.25) is 9.59 Å². The Balaban J connectivity index is 1.82. The van der Waals surface area contributed by atoms with Crippen LogP contribution in [0.25, 0.3) is 5.69 Å². The minimum absolute atomic E-state index is 0.00248. The number of nitrogens with one attached hydrogen (secondary N) is 1. The molecule has 1 heterocycles. The average molecular weight is 427 g/mol. The lowest BCUT2D eigenvalue weighted by Gasteiger charge is -2.31. The van der Waals surface area contributed by atoms with E-state index < -0.39 is 0 Å². The lowest BCUT2D eigenvalue weighted by molar-refractivity contribution is -0.141. The summed E-state index contributed by atoms with van der Waals surface area (Å²) in [5, 5.41) is 7.77. The maximum absolute atomic E-state index is 13.0. The number of carbonyl (C=O) groups excluding carboxylic acids is 2. The lowest BCUT2D eigenvalue weighted by Crippen LogP contribution is -2.44. The van der Waals surface area contributed by atoms with Crippen LogP contribution in [-0.2, 0) is 19.7 Å². The molecular weight excluding hydrogens is 392 g/mol. The Hall–Kier alpha value is -2.67. The monoisotopic (exact) mass is 426 g/mol. The van der Waals surface area contributed by atoms with Gasteiger partial charge in [0.1, 0.15) is 5.82 Å². The molecule has 2 amide bonds. The number of anilines is 1. The Morgan fingerprint density at radius 3 is 2.55 bits per heavy atom. The zero-order chi connectivity index (χ0) is 22.6. The number of hydrogen-bond donors (Lipinski definition) is 1. The largest absolute Gasteiger partial charge is 0.383 e. The maximum Gasteiger partial charge on any atom is 0.245 e. The van der Waals surface area contributed by atoms with Crippen LogP contribution < -0.4 is 5.32 Å². The quantitative estimate of drug-likeness (QED) is 0.698. The molecule has 0 bridgehead atoms. The fourth-order valence-corrected chi connectivity index (χ4v) is 3.56. The average Bonchev–Trinajstić information content (AvgIpc) is 3.08. The number of carbonyl (C=O) groups is 2. The molecule has 7 nitrogen and oxygen atoms in total. The van der Waals surface area contributed by atoms with E-state index in [1.165, 1.54) is 0 Å². The number of benzene rings is 1. The topological polar surface area (TPSA) is 76.5 Å². The van der Waals surface area contributed by atoms with Gasteiger partial charge in [0.05, 0.1) is 24.5 Å². The second-order valence-corrected chi connectivity index (χ2v) is 9.29. The van der Waals surface area contributed by atoms with E-state index in [1.54, 1.807) is 16.7 Å². The first kappa shape index (κ1) is 23.0. The molecule has 0 atom stereocenters. The van der Waals surface area contributed by atoms with Crippen molar-refractivity contribution in [2.45, 2.75) is 52.4 Å². The van der Waals surface area contributed by atoms with Gasteiger partial charge in [0, 0.05) is 31.1 Å². The van der Waals surface area contributed by atoms with E-state index in [1.807, 2.05) is 37.3 Å². The molecule has 1 N–H and O–H groups in total. The van der Waals surface area contributed by atoms with E-state index >= 15 is 0 Å². The number of hydrogen-bond acceptors (Lipinski definition) is 4. The van der Waals surface area contributed by atoms with Crippen LogP contribution in [-0.4, -0.2) is 53.3 Å². The van der Waals surface area contributed by atoms with Gasteiger partial charge in [-0.05, 0) is 31.4 Å². The van der Waals surface area contributed by atoms with Crippen LogP contribution >= 0.6 is 0 Å². The standard InChI is InChI=1S/C24H34N4O3/c1-17-9-6-7-12-19(17)28-21(15-20(26-28)24(2,3)4)25-22(29)16-27(13-14-31-5)23(30)18-10-8-11-18/h6-7,9,12,15,18H,8,10-11,13-14,16H2,1-5H3,(H,25,29). The molecule has 0 unspecified atom stereocenters. The van der Waals surface area contributed by atoms with E-state index in [4.69, 9.17) is 9.84 Å². The Kier molecular flexibility index (Phi) is 7.15. The molecule has 0 spiro atoms. The smallest absolute Gasteiger partial charge is 0.245 e. The summed E-state index contributed by atoms with van der Waals surface area (Å²) >= 11 is 0. The summed E-state index contributed by atoms with van der Waals surface area (Å²) in [4.78, 5) is 27.3. The van der Waals surface area contributed by atoms with Gasteiger partial charge in [-0.1, -0.05) is 45.4 Å². The molecule has 3 rings (SSSR count). The molecule has 1 aliphatic carbocycles. The maximum atomic E-state index is 13.0. The first-order valence-corrected chi connectivity index (χ1v) is 10.9. The molecule has 0 saturated heterocycles. The van der Waals surface area contributed by atoms with Crippen molar-refractivity contribution in [3.05, 3.63) is 41.6 Å². The van der Waals surface area contributed by atoms with E-state index in [0.717, 1.165) is 36.2 Å². The van der Waals surface area contributed by atoms with E-state index in [2.05, 4.69) is 26.1 Å².